The Morgan fingerprint density at radius 3 is 2.86 bits per heavy atom. The monoisotopic (exact) mass is 195 g/mol. The van der Waals surface area contributed by atoms with Crippen LogP contribution in [0.25, 0.3) is 0 Å². The highest BCUT2D eigenvalue weighted by Gasteiger charge is 2.20. The molecule has 14 heavy (non-hydrogen) atoms. The van der Waals surface area contributed by atoms with Crippen LogP contribution in [0.3, 0.4) is 0 Å². The quantitative estimate of drug-likeness (QED) is 0.721. The molecule has 1 aromatic rings. The Balaban J connectivity index is 2.29. The Hall–Kier alpha value is -1.09. The van der Waals surface area contributed by atoms with Crippen LogP contribution in [-0.2, 0) is 0 Å². The van der Waals surface area contributed by atoms with Crippen LogP contribution >= 0.6 is 0 Å². The summed E-state index contributed by atoms with van der Waals surface area (Å²) in [5, 5.41) is 12.8. The third-order valence-corrected chi connectivity index (χ3v) is 2.69. The van der Waals surface area contributed by atoms with Gasteiger partial charge in [0.15, 0.2) is 0 Å². The Morgan fingerprint density at radius 2 is 2.21 bits per heavy atom. The number of halogens is 1. The number of rotatable bonds is 1. The molecule has 76 valence electrons. The number of hydrogen-bond acceptors (Lipinski definition) is 2. The number of aromatic hydroxyl groups is 1. The van der Waals surface area contributed by atoms with Gasteiger partial charge in [0.25, 0.3) is 0 Å². The highest BCUT2D eigenvalue weighted by Crippen LogP contribution is 2.31. The maximum absolute atomic E-state index is 13.4. The van der Waals surface area contributed by atoms with Crippen molar-refractivity contribution < 1.29 is 9.50 Å². The van der Waals surface area contributed by atoms with Crippen molar-refractivity contribution in [3.05, 3.63) is 29.6 Å². The topological polar surface area (TPSA) is 32.3 Å². The van der Waals surface area contributed by atoms with Crippen LogP contribution in [0.1, 0.15) is 30.9 Å². The van der Waals surface area contributed by atoms with Crippen molar-refractivity contribution in [1.82, 2.24) is 5.32 Å². The minimum atomic E-state index is -0.315. The van der Waals surface area contributed by atoms with Crippen molar-refractivity contribution in [2.45, 2.75) is 25.3 Å². The van der Waals surface area contributed by atoms with E-state index in [-0.39, 0.29) is 17.6 Å². The molecule has 1 aliphatic heterocycles. The molecule has 2 nitrogen and oxygen atoms in total. The molecule has 0 aromatic heterocycles. The zero-order valence-electron chi connectivity index (χ0n) is 7.96. The van der Waals surface area contributed by atoms with Gasteiger partial charge < -0.3 is 10.4 Å². The van der Waals surface area contributed by atoms with E-state index in [1.807, 2.05) is 0 Å². The van der Waals surface area contributed by atoms with Crippen molar-refractivity contribution in [2.75, 3.05) is 6.54 Å². The van der Waals surface area contributed by atoms with Crippen molar-refractivity contribution in [3.63, 3.8) is 0 Å². The molecule has 3 heteroatoms. The predicted molar refractivity (Wildman–Crippen MR) is 52.7 cm³/mol. The molecule has 1 atom stereocenters. The summed E-state index contributed by atoms with van der Waals surface area (Å²) in [6.45, 7) is 0.901. The van der Waals surface area contributed by atoms with E-state index in [1.165, 1.54) is 18.2 Å². The number of hydrogen-bond donors (Lipinski definition) is 2. The first kappa shape index (κ1) is 9.46. The molecule has 2 rings (SSSR count). The van der Waals surface area contributed by atoms with Gasteiger partial charge in [0.1, 0.15) is 11.6 Å². The number of benzene rings is 1. The minimum Gasteiger partial charge on any atom is -0.508 e. The largest absolute Gasteiger partial charge is 0.508 e. The third-order valence-electron chi connectivity index (χ3n) is 2.69. The molecule has 0 radical (unpaired) electrons. The fourth-order valence-corrected chi connectivity index (χ4v) is 1.97. The second kappa shape index (κ2) is 3.96. The van der Waals surface area contributed by atoms with Gasteiger partial charge in [0.2, 0.25) is 0 Å². The second-order valence-corrected chi connectivity index (χ2v) is 3.68. The summed E-state index contributed by atoms with van der Waals surface area (Å²) >= 11 is 0. The number of piperidine rings is 1. The van der Waals surface area contributed by atoms with E-state index in [0.717, 1.165) is 25.8 Å². The Bertz CT molecular complexity index is 301. The first-order valence-electron chi connectivity index (χ1n) is 5.00. The summed E-state index contributed by atoms with van der Waals surface area (Å²) in [5.41, 5.74) is 0.423. The molecule has 1 aliphatic rings. The summed E-state index contributed by atoms with van der Waals surface area (Å²) in [7, 11) is 0. The van der Waals surface area contributed by atoms with Crippen LogP contribution < -0.4 is 5.32 Å². The molecule has 0 spiro atoms. The van der Waals surface area contributed by atoms with Crippen LogP contribution in [0, 0.1) is 5.82 Å². The molecule has 0 amide bonds. The third kappa shape index (κ3) is 1.73. The van der Waals surface area contributed by atoms with E-state index < -0.39 is 0 Å². The lowest BCUT2D eigenvalue weighted by Gasteiger charge is -2.24. The van der Waals surface area contributed by atoms with Crippen molar-refractivity contribution in [3.8, 4) is 5.75 Å². The number of nitrogens with one attached hydrogen (secondary N) is 1. The molecule has 1 saturated heterocycles. The summed E-state index contributed by atoms with van der Waals surface area (Å²) in [4.78, 5) is 0. The zero-order chi connectivity index (χ0) is 9.97. The van der Waals surface area contributed by atoms with Crippen LogP contribution in [0.4, 0.5) is 4.39 Å². The second-order valence-electron chi connectivity index (χ2n) is 3.68. The van der Waals surface area contributed by atoms with E-state index in [0.29, 0.717) is 5.56 Å². The summed E-state index contributed by atoms with van der Waals surface area (Å²) in [5.74, 6) is -0.256. The molecule has 0 aliphatic carbocycles. The lowest BCUT2D eigenvalue weighted by atomic mass is 9.96. The summed E-state index contributed by atoms with van der Waals surface area (Å²) in [6, 6.07) is 4.43. The fourth-order valence-electron chi connectivity index (χ4n) is 1.97. The van der Waals surface area contributed by atoms with Gasteiger partial charge in [-0.1, -0.05) is 12.5 Å². The Morgan fingerprint density at radius 1 is 1.36 bits per heavy atom. The van der Waals surface area contributed by atoms with Crippen molar-refractivity contribution >= 4 is 0 Å². The number of phenolic OH excluding ortho intramolecular Hbond substituents is 1. The molecular formula is C11H14FNO. The summed E-state index contributed by atoms with van der Waals surface area (Å²) < 4.78 is 13.4. The van der Waals surface area contributed by atoms with Crippen LogP contribution in [0.5, 0.6) is 5.75 Å². The standard InChI is InChI=1S/C11H14FNO/c12-8-4-3-6-10(14)11(8)9-5-1-2-7-13-9/h3-4,6,9,13-14H,1-2,5,7H2/t9-/m0/s1. The van der Waals surface area contributed by atoms with Crippen LogP contribution in [-0.4, -0.2) is 11.7 Å². The molecule has 1 heterocycles. The highest BCUT2D eigenvalue weighted by molar-refractivity contribution is 5.36. The minimum absolute atomic E-state index is 0.0232. The van der Waals surface area contributed by atoms with Crippen molar-refractivity contribution in [1.29, 1.82) is 0 Å². The molecule has 2 N–H and O–H groups in total. The maximum atomic E-state index is 13.4. The van der Waals surface area contributed by atoms with E-state index in [1.54, 1.807) is 0 Å². The molecular weight excluding hydrogens is 181 g/mol. The van der Waals surface area contributed by atoms with Crippen LogP contribution in [0.2, 0.25) is 0 Å². The van der Waals surface area contributed by atoms with Gasteiger partial charge in [-0.05, 0) is 31.5 Å². The average molecular weight is 195 g/mol. The van der Waals surface area contributed by atoms with Gasteiger partial charge in [-0.25, -0.2) is 4.39 Å². The molecule has 0 bridgehead atoms. The maximum Gasteiger partial charge on any atom is 0.131 e. The lowest BCUT2D eigenvalue weighted by Crippen LogP contribution is -2.27. The number of phenols is 1. The Kier molecular flexibility index (Phi) is 2.68. The van der Waals surface area contributed by atoms with Gasteiger partial charge in [0, 0.05) is 11.6 Å². The predicted octanol–water partition coefficient (Wildman–Crippen LogP) is 2.35. The van der Waals surface area contributed by atoms with Crippen LogP contribution in [0.15, 0.2) is 18.2 Å². The smallest absolute Gasteiger partial charge is 0.131 e. The Labute approximate surface area is 82.8 Å². The van der Waals surface area contributed by atoms with E-state index in [9.17, 15) is 9.50 Å². The SMILES string of the molecule is Oc1cccc(F)c1[C@@H]1CCCCN1. The van der Waals surface area contributed by atoms with E-state index in [4.69, 9.17) is 0 Å². The van der Waals surface area contributed by atoms with Gasteiger partial charge in [-0.3, -0.25) is 0 Å². The van der Waals surface area contributed by atoms with Gasteiger partial charge >= 0.3 is 0 Å². The highest BCUT2D eigenvalue weighted by atomic mass is 19.1. The van der Waals surface area contributed by atoms with Gasteiger partial charge in [-0.15, -0.1) is 0 Å². The van der Waals surface area contributed by atoms with Gasteiger partial charge in [0.05, 0.1) is 0 Å². The molecule has 0 unspecified atom stereocenters. The van der Waals surface area contributed by atoms with Crippen molar-refractivity contribution in [2.24, 2.45) is 0 Å². The normalized spacial score (nSPS) is 22.2. The molecule has 1 fully saturated rings. The molecule has 1 aromatic carbocycles. The zero-order valence-corrected chi connectivity index (χ0v) is 7.96. The first-order valence-corrected chi connectivity index (χ1v) is 5.00. The fraction of sp³-hybridized carbons (Fsp3) is 0.455. The lowest BCUT2D eigenvalue weighted by molar-refractivity contribution is 0.377. The first-order chi connectivity index (χ1) is 6.79. The molecule has 0 saturated carbocycles. The average Bonchev–Trinajstić information content (AvgIpc) is 2.19. The summed E-state index contributed by atoms with van der Waals surface area (Å²) in [6.07, 6.45) is 3.12. The van der Waals surface area contributed by atoms with E-state index in [2.05, 4.69) is 5.32 Å². The van der Waals surface area contributed by atoms with Gasteiger partial charge in [-0.2, -0.15) is 0 Å². The van der Waals surface area contributed by atoms with E-state index >= 15 is 0 Å².